The van der Waals surface area contributed by atoms with Crippen molar-refractivity contribution in [3.8, 4) is 11.1 Å². The Labute approximate surface area is 98.3 Å². The van der Waals surface area contributed by atoms with Crippen molar-refractivity contribution in [2.45, 2.75) is 0 Å². The highest BCUT2D eigenvalue weighted by molar-refractivity contribution is 5.92. The second-order valence-electron chi connectivity index (χ2n) is 3.63. The van der Waals surface area contributed by atoms with Gasteiger partial charge >= 0.3 is 5.97 Å². The summed E-state index contributed by atoms with van der Waals surface area (Å²) in [5, 5.41) is 8.96. The van der Waals surface area contributed by atoms with Crippen LogP contribution in [-0.2, 0) is 0 Å². The molecule has 0 bridgehead atoms. The monoisotopic (exact) mass is 226 g/mol. The van der Waals surface area contributed by atoms with E-state index >= 15 is 0 Å². The van der Waals surface area contributed by atoms with Crippen molar-refractivity contribution < 1.29 is 14.7 Å². The number of carboxylic acids is 1. The SMILES string of the molecule is O=Cc1cc(C(=O)O)cc(-c2ccccc2)c1. The van der Waals surface area contributed by atoms with Gasteiger partial charge < -0.3 is 5.11 Å². The van der Waals surface area contributed by atoms with Crippen LogP contribution in [0.2, 0.25) is 0 Å². The number of rotatable bonds is 3. The first-order chi connectivity index (χ1) is 8.20. The molecule has 2 rings (SSSR count). The second kappa shape index (κ2) is 4.61. The lowest BCUT2D eigenvalue weighted by atomic mass is 10.0. The maximum Gasteiger partial charge on any atom is 0.335 e. The Morgan fingerprint density at radius 1 is 1.00 bits per heavy atom. The molecule has 2 aromatic rings. The minimum Gasteiger partial charge on any atom is -0.478 e. The van der Waals surface area contributed by atoms with Crippen molar-refractivity contribution in [2.24, 2.45) is 0 Å². The summed E-state index contributed by atoms with van der Waals surface area (Å²) in [6.45, 7) is 0. The van der Waals surface area contributed by atoms with Gasteiger partial charge in [0.2, 0.25) is 0 Å². The van der Waals surface area contributed by atoms with Crippen LogP contribution < -0.4 is 0 Å². The van der Waals surface area contributed by atoms with Crippen LogP contribution in [0.15, 0.2) is 48.5 Å². The predicted octanol–water partition coefficient (Wildman–Crippen LogP) is 2.86. The molecule has 0 aliphatic heterocycles. The molecule has 0 atom stereocenters. The fourth-order valence-corrected chi connectivity index (χ4v) is 1.64. The number of aromatic carboxylic acids is 1. The van der Waals surface area contributed by atoms with Crippen LogP contribution in [0.4, 0.5) is 0 Å². The molecule has 0 amide bonds. The third-order valence-corrected chi connectivity index (χ3v) is 2.45. The van der Waals surface area contributed by atoms with Crippen molar-refractivity contribution in [2.75, 3.05) is 0 Å². The van der Waals surface area contributed by atoms with Gasteiger partial charge in [-0.05, 0) is 29.3 Å². The highest BCUT2D eigenvalue weighted by Gasteiger charge is 2.07. The summed E-state index contributed by atoms with van der Waals surface area (Å²) in [4.78, 5) is 21.7. The van der Waals surface area contributed by atoms with Crippen LogP contribution in [0, 0.1) is 0 Å². The third kappa shape index (κ3) is 2.39. The van der Waals surface area contributed by atoms with Crippen LogP contribution in [0.1, 0.15) is 20.7 Å². The Morgan fingerprint density at radius 2 is 1.71 bits per heavy atom. The van der Waals surface area contributed by atoms with Crippen molar-refractivity contribution in [1.82, 2.24) is 0 Å². The van der Waals surface area contributed by atoms with E-state index in [0.29, 0.717) is 11.8 Å². The molecule has 0 aliphatic carbocycles. The molecule has 0 saturated heterocycles. The molecule has 2 aromatic carbocycles. The van der Waals surface area contributed by atoms with Crippen molar-refractivity contribution >= 4 is 12.3 Å². The molecular formula is C14H10O3. The Balaban J connectivity index is 2.58. The lowest BCUT2D eigenvalue weighted by molar-refractivity contribution is 0.0697. The fraction of sp³-hybridized carbons (Fsp3) is 0. The smallest absolute Gasteiger partial charge is 0.335 e. The fourth-order valence-electron chi connectivity index (χ4n) is 1.64. The third-order valence-electron chi connectivity index (χ3n) is 2.45. The van der Waals surface area contributed by atoms with Gasteiger partial charge in [-0.25, -0.2) is 4.79 Å². The topological polar surface area (TPSA) is 54.4 Å². The van der Waals surface area contributed by atoms with Gasteiger partial charge in [-0.15, -0.1) is 0 Å². The predicted molar refractivity (Wildman–Crippen MR) is 64.2 cm³/mol. The molecule has 0 unspecified atom stereocenters. The first-order valence-electron chi connectivity index (χ1n) is 5.09. The first-order valence-corrected chi connectivity index (χ1v) is 5.09. The standard InChI is InChI=1S/C14H10O3/c15-9-10-6-12(8-13(7-10)14(16)17)11-4-2-1-3-5-11/h1-9H,(H,16,17). The summed E-state index contributed by atoms with van der Waals surface area (Å²) in [6.07, 6.45) is 0.652. The van der Waals surface area contributed by atoms with E-state index in [1.807, 2.05) is 30.3 Å². The number of carboxylic acid groups (broad SMARTS) is 1. The van der Waals surface area contributed by atoms with Gasteiger partial charge in [0.05, 0.1) is 5.56 Å². The molecular weight excluding hydrogens is 216 g/mol. The summed E-state index contributed by atoms with van der Waals surface area (Å²) in [5.41, 5.74) is 2.10. The van der Waals surface area contributed by atoms with E-state index in [-0.39, 0.29) is 5.56 Å². The maximum atomic E-state index is 10.9. The number of benzene rings is 2. The van der Waals surface area contributed by atoms with Gasteiger partial charge in [-0.1, -0.05) is 30.3 Å². The van der Waals surface area contributed by atoms with E-state index in [4.69, 9.17) is 5.11 Å². The molecule has 1 N–H and O–H groups in total. The van der Waals surface area contributed by atoms with E-state index < -0.39 is 5.97 Å². The van der Waals surface area contributed by atoms with Gasteiger partial charge in [-0.3, -0.25) is 4.79 Å². The zero-order valence-electron chi connectivity index (χ0n) is 8.96. The maximum absolute atomic E-state index is 10.9. The van der Waals surface area contributed by atoms with Gasteiger partial charge in [0, 0.05) is 5.56 Å². The number of carbonyl (C=O) groups is 2. The summed E-state index contributed by atoms with van der Waals surface area (Å²) in [7, 11) is 0. The highest BCUT2D eigenvalue weighted by atomic mass is 16.4. The summed E-state index contributed by atoms with van der Waals surface area (Å²) in [5.74, 6) is -1.04. The van der Waals surface area contributed by atoms with E-state index in [9.17, 15) is 9.59 Å². The highest BCUT2D eigenvalue weighted by Crippen LogP contribution is 2.21. The molecule has 3 heteroatoms. The van der Waals surface area contributed by atoms with Gasteiger partial charge in [0.1, 0.15) is 6.29 Å². The summed E-state index contributed by atoms with van der Waals surface area (Å²) >= 11 is 0. The minimum absolute atomic E-state index is 0.119. The lowest BCUT2D eigenvalue weighted by Crippen LogP contribution is -1.98. The molecule has 84 valence electrons. The molecule has 3 nitrogen and oxygen atoms in total. The molecule has 0 radical (unpaired) electrons. The molecule has 17 heavy (non-hydrogen) atoms. The Kier molecular flexibility index (Phi) is 3.01. The van der Waals surface area contributed by atoms with E-state index in [1.165, 1.54) is 6.07 Å². The molecule has 0 heterocycles. The average Bonchev–Trinajstić information content (AvgIpc) is 2.39. The molecule has 0 saturated carbocycles. The Morgan fingerprint density at radius 3 is 2.29 bits per heavy atom. The Hall–Kier alpha value is -2.42. The second-order valence-corrected chi connectivity index (χ2v) is 3.63. The van der Waals surface area contributed by atoms with Crippen LogP contribution in [0.3, 0.4) is 0 Å². The average molecular weight is 226 g/mol. The van der Waals surface area contributed by atoms with Gasteiger partial charge in [0.15, 0.2) is 0 Å². The molecule has 0 fully saturated rings. The number of aldehydes is 1. The van der Waals surface area contributed by atoms with E-state index in [0.717, 1.165) is 11.1 Å². The van der Waals surface area contributed by atoms with Crippen LogP contribution in [0.25, 0.3) is 11.1 Å². The first kappa shape index (κ1) is 11.1. The molecule has 0 aliphatic rings. The van der Waals surface area contributed by atoms with Gasteiger partial charge in [-0.2, -0.15) is 0 Å². The Bertz CT molecular complexity index is 559. The number of carbonyl (C=O) groups excluding carboxylic acids is 1. The largest absolute Gasteiger partial charge is 0.478 e. The summed E-state index contributed by atoms with van der Waals surface area (Å²) in [6, 6.07) is 13.9. The lowest BCUT2D eigenvalue weighted by Gasteiger charge is -2.04. The number of hydrogen-bond donors (Lipinski definition) is 1. The minimum atomic E-state index is -1.04. The number of hydrogen-bond acceptors (Lipinski definition) is 2. The zero-order chi connectivity index (χ0) is 12.3. The van der Waals surface area contributed by atoms with Gasteiger partial charge in [0.25, 0.3) is 0 Å². The normalized spacial score (nSPS) is 9.88. The van der Waals surface area contributed by atoms with Crippen molar-refractivity contribution in [3.63, 3.8) is 0 Å². The van der Waals surface area contributed by atoms with Crippen LogP contribution in [-0.4, -0.2) is 17.4 Å². The zero-order valence-corrected chi connectivity index (χ0v) is 8.96. The molecule has 0 spiro atoms. The van der Waals surface area contributed by atoms with Crippen molar-refractivity contribution in [1.29, 1.82) is 0 Å². The quantitative estimate of drug-likeness (QED) is 0.819. The van der Waals surface area contributed by atoms with Crippen LogP contribution in [0.5, 0.6) is 0 Å². The van der Waals surface area contributed by atoms with Crippen LogP contribution >= 0.6 is 0 Å². The van der Waals surface area contributed by atoms with E-state index in [2.05, 4.69) is 0 Å². The van der Waals surface area contributed by atoms with Crippen molar-refractivity contribution in [3.05, 3.63) is 59.7 Å². The van der Waals surface area contributed by atoms with E-state index in [1.54, 1.807) is 12.1 Å². The molecule has 0 aromatic heterocycles. The summed E-state index contributed by atoms with van der Waals surface area (Å²) < 4.78 is 0.